The van der Waals surface area contributed by atoms with E-state index in [2.05, 4.69) is 0 Å². The van der Waals surface area contributed by atoms with Crippen LogP contribution in [0, 0.1) is 6.92 Å². The molecule has 0 fully saturated rings. The number of aryl methyl sites for hydroxylation is 1. The third-order valence-electron chi connectivity index (χ3n) is 2.61. The molecule has 0 aliphatic rings. The van der Waals surface area contributed by atoms with Crippen LogP contribution in [0.25, 0.3) is 0 Å². The fraction of sp³-hybridized carbons (Fsp3) is 0.500. The average molecular weight is 257 g/mol. The zero-order chi connectivity index (χ0) is 13.1. The van der Waals surface area contributed by atoms with Crippen LogP contribution < -0.4 is 9.88 Å². The van der Waals surface area contributed by atoms with Crippen LogP contribution in [0.1, 0.15) is 32.3 Å². The van der Waals surface area contributed by atoms with Crippen molar-refractivity contribution >= 4 is 10.0 Å². The predicted octanol–water partition coefficient (Wildman–Crippen LogP) is 2.21. The van der Waals surface area contributed by atoms with Crippen molar-refractivity contribution in [3.63, 3.8) is 0 Å². The van der Waals surface area contributed by atoms with Gasteiger partial charge in [-0.05, 0) is 37.5 Å². The highest BCUT2D eigenvalue weighted by Gasteiger charge is 2.17. The van der Waals surface area contributed by atoms with E-state index >= 15 is 0 Å². The molecule has 0 amide bonds. The predicted molar refractivity (Wildman–Crippen MR) is 67.6 cm³/mol. The van der Waals surface area contributed by atoms with Gasteiger partial charge in [-0.3, -0.25) is 0 Å². The Kier molecular flexibility index (Phi) is 4.54. The standard InChI is InChI=1S/C12H19NO3S/c1-4-10(5-2)16-11-7-6-9(3)8-12(11)17(13,14)15/h6-8,10H,4-5H2,1-3H3,(H2,13,14,15). The highest BCUT2D eigenvalue weighted by atomic mass is 32.2. The minimum atomic E-state index is -3.74. The summed E-state index contributed by atoms with van der Waals surface area (Å²) in [5, 5.41) is 5.18. The normalized spacial score (nSPS) is 11.8. The van der Waals surface area contributed by atoms with Crippen molar-refractivity contribution in [2.45, 2.75) is 44.6 Å². The van der Waals surface area contributed by atoms with Crippen LogP contribution in [0.3, 0.4) is 0 Å². The molecule has 0 aromatic heterocycles. The summed E-state index contributed by atoms with van der Waals surface area (Å²) in [4.78, 5) is 0.0596. The van der Waals surface area contributed by atoms with Crippen molar-refractivity contribution in [3.8, 4) is 5.75 Å². The lowest BCUT2D eigenvalue weighted by Crippen LogP contribution is -2.18. The van der Waals surface area contributed by atoms with Crippen LogP contribution in [0.2, 0.25) is 0 Å². The maximum Gasteiger partial charge on any atom is 0.241 e. The summed E-state index contributed by atoms with van der Waals surface area (Å²) in [5.41, 5.74) is 0.839. The Morgan fingerprint density at radius 1 is 1.29 bits per heavy atom. The summed E-state index contributed by atoms with van der Waals surface area (Å²) in [6.07, 6.45) is 1.67. The number of ether oxygens (including phenoxy) is 1. The lowest BCUT2D eigenvalue weighted by molar-refractivity contribution is 0.187. The van der Waals surface area contributed by atoms with E-state index < -0.39 is 10.0 Å². The number of hydrogen-bond acceptors (Lipinski definition) is 3. The average Bonchev–Trinajstić information content (AvgIpc) is 2.26. The second kappa shape index (κ2) is 5.51. The Balaban J connectivity index is 3.16. The largest absolute Gasteiger partial charge is 0.489 e. The number of primary sulfonamides is 1. The topological polar surface area (TPSA) is 69.4 Å². The fourth-order valence-corrected chi connectivity index (χ4v) is 2.32. The summed E-state index contributed by atoms with van der Waals surface area (Å²) in [6, 6.07) is 5.01. The Morgan fingerprint density at radius 2 is 1.88 bits per heavy atom. The Hall–Kier alpha value is -1.07. The van der Waals surface area contributed by atoms with Crippen molar-refractivity contribution < 1.29 is 13.2 Å². The minimum Gasteiger partial charge on any atom is -0.489 e. The molecule has 0 bridgehead atoms. The molecular formula is C12H19NO3S. The molecule has 2 N–H and O–H groups in total. The molecular weight excluding hydrogens is 238 g/mol. The van der Waals surface area contributed by atoms with Crippen LogP contribution in [0.15, 0.2) is 23.1 Å². The lowest BCUT2D eigenvalue weighted by atomic mass is 10.2. The monoisotopic (exact) mass is 257 g/mol. The van der Waals surface area contributed by atoms with Crippen molar-refractivity contribution in [2.24, 2.45) is 5.14 Å². The van der Waals surface area contributed by atoms with Crippen LogP contribution in [0.5, 0.6) is 5.75 Å². The first-order chi connectivity index (χ1) is 7.88. The highest BCUT2D eigenvalue weighted by Crippen LogP contribution is 2.25. The van der Waals surface area contributed by atoms with Gasteiger partial charge in [0.1, 0.15) is 10.6 Å². The number of rotatable bonds is 5. The molecule has 5 heteroatoms. The molecule has 0 saturated heterocycles. The van der Waals surface area contributed by atoms with Gasteiger partial charge in [-0.15, -0.1) is 0 Å². The van der Waals surface area contributed by atoms with E-state index in [-0.39, 0.29) is 11.0 Å². The maximum absolute atomic E-state index is 11.5. The first-order valence-electron chi connectivity index (χ1n) is 5.68. The van der Waals surface area contributed by atoms with Gasteiger partial charge in [0.15, 0.2) is 0 Å². The molecule has 0 unspecified atom stereocenters. The van der Waals surface area contributed by atoms with Gasteiger partial charge in [-0.25, -0.2) is 13.6 Å². The van der Waals surface area contributed by atoms with Gasteiger partial charge >= 0.3 is 0 Å². The zero-order valence-corrected chi connectivity index (χ0v) is 11.3. The molecule has 0 atom stereocenters. The number of sulfonamides is 1. The zero-order valence-electron chi connectivity index (χ0n) is 10.4. The summed E-state index contributed by atoms with van der Waals surface area (Å²) in [5.74, 6) is 0.340. The van der Waals surface area contributed by atoms with E-state index in [9.17, 15) is 8.42 Å². The van der Waals surface area contributed by atoms with Gasteiger partial charge in [-0.1, -0.05) is 19.9 Å². The van der Waals surface area contributed by atoms with Gasteiger partial charge in [-0.2, -0.15) is 0 Å². The molecule has 0 aliphatic heterocycles. The second-order valence-electron chi connectivity index (χ2n) is 4.05. The van der Waals surface area contributed by atoms with Crippen molar-refractivity contribution in [1.82, 2.24) is 0 Å². The smallest absolute Gasteiger partial charge is 0.241 e. The summed E-state index contributed by atoms with van der Waals surface area (Å²) in [6.45, 7) is 5.81. The molecule has 0 spiro atoms. The van der Waals surface area contributed by atoms with Gasteiger partial charge in [0.25, 0.3) is 0 Å². The molecule has 17 heavy (non-hydrogen) atoms. The van der Waals surface area contributed by atoms with Crippen LogP contribution in [0.4, 0.5) is 0 Å². The fourth-order valence-electron chi connectivity index (χ4n) is 1.57. The highest BCUT2D eigenvalue weighted by molar-refractivity contribution is 7.89. The van der Waals surface area contributed by atoms with E-state index in [0.29, 0.717) is 5.75 Å². The number of benzene rings is 1. The summed E-state index contributed by atoms with van der Waals surface area (Å²) < 4.78 is 28.6. The van der Waals surface area contributed by atoms with Crippen molar-refractivity contribution in [1.29, 1.82) is 0 Å². The van der Waals surface area contributed by atoms with Crippen LogP contribution >= 0.6 is 0 Å². The molecule has 0 radical (unpaired) electrons. The van der Waals surface area contributed by atoms with E-state index in [1.165, 1.54) is 6.07 Å². The van der Waals surface area contributed by atoms with E-state index in [4.69, 9.17) is 9.88 Å². The third kappa shape index (κ3) is 3.71. The number of hydrogen-bond donors (Lipinski definition) is 1. The summed E-state index contributed by atoms with van der Waals surface area (Å²) in [7, 11) is -3.74. The molecule has 0 heterocycles. The molecule has 1 aromatic rings. The van der Waals surface area contributed by atoms with Crippen molar-refractivity contribution in [3.05, 3.63) is 23.8 Å². The quantitative estimate of drug-likeness (QED) is 0.879. The molecule has 0 saturated carbocycles. The Labute approximate surface area is 103 Å². The third-order valence-corrected chi connectivity index (χ3v) is 3.54. The first kappa shape index (κ1) is 14.0. The Morgan fingerprint density at radius 3 is 2.35 bits per heavy atom. The molecule has 1 aromatic carbocycles. The maximum atomic E-state index is 11.5. The minimum absolute atomic E-state index is 0.0122. The second-order valence-corrected chi connectivity index (χ2v) is 5.58. The lowest BCUT2D eigenvalue weighted by Gasteiger charge is -2.17. The molecule has 1 rings (SSSR count). The van der Waals surface area contributed by atoms with Crippen LogP contribution in [-0.2, 0) is 10.0 Å². The molecule has 0 aliphatic carbocycles. The number of nitrogens with two attached hydrogens (primary N) is 1. The van der Waals surface area contributed by atoms with E-state index in [0.717, 1.165) is 18.4 Å². The van der Waals surface area contributed by atoms with Crippen LogP contribution in [-0.4, -0.2) is 14.5 Å². The van der Waals surface area contributed by atoms with Gasteiger partial charge < -0.3 is 4.74 Å². The van der Waals surface area contributed by atoms with Gasteiger partial charge in [0.05, 0.1) is 6.10 Å². The van der Waals surface area contributed by atoms with Crippen molar-refractivity contribution in [2.75, 3.05) is 0 Å². The molecule has 96 valence electrons. The summed E-state index contributed by atoms with van der Waals surface area (Å²) >= 11 is 0. The van der Waals surface area contributed by atoms with Gasteiger partial charge in [0.2, 0.25) is 10.0 Å². The first-order valence-corrected chi connectivity index (χ1v) is 7.23. The van der Waals surface area contributed by atoms with E-state index in [1.54, 1.807) is 6.07 Å². The Bertz CT molecular complexity index is 479. The SMILES string of the molecule is CCC(CC)Oc1ccc(C)cc1S(N)(=O)=O. The van der Waals surface area contributed by atoms with E-state index in [1.807, 2.05) is 26.8 Å². The molecule has 4 nitrogen and oxygen atoms in total. The van der Waals surface area contributed by atoms with Gasteiger partial charge in [0, 0.05) is 0 Å².